The Balaban J connectivity index is 3.16. The van der Waals surface area contributed by atoms with Gasteiger partial charge in [0.1, 0.15) is 0 Å². The summed E-state index contributed by atoms with van der Waals surface area (Å²) in [7, 11) is -3.41. The van der Waals surface area contributed by atoms with Crippen LogP contribution >= 0.6 is 0 Å². The van der Waals surface area contributed by atoms with Gasteiger partial charge in [0, 0.05) is 13.0 Å². The minimum absolute atomic E-state index is 0.0760. The third-order valence-corrected chi connectivity index (χ3v) is 4.74. The fraction of sp³-hybridized carbons (Fsp3) is 0.562. The van der Waals surface area contributed by atoms with Gasteiger partial charge in [0.15, 0.2) is 0 Å². The number of hydrogen-bond donors (Lipinski definition) is 1. The van der Waals surface area contributed by atoms with Crippen LogP contribution in [0.3, 0.4) is 0 Å². The number of sulfonamides is 1. The molecule has 0 saturated carbocycles. The van der Waals surface area contributed by atoms with E-state index in [-0.39, 0.29) is 12.5 Å². The van der Waals surface area contributed by atoms with Crippen LogP contribution in [0.5, 0.6) is 0 Å². The average Bonchev–Trinajstić information content (AvgIpc) is 2.49. The number of nitrogens with zero attached hydrogens (tertiary/aromatic N) is 1. The SMILES string of the molecule is CCC(=O)NCCN(c1c(CC)cccc1CC)S(C)(=O)=O. The largest absolute Gasteiger partial charge is 0.354 e. The zero-order valence-electron chi connectivity index (χ0n) is 13.8. The lowest BCUT2D eigenvalue weighted by Crippen LogP contribution is -2.39. The van der Waals surface area contributed by atoms with Crippen molar-refractivity contribution in [3.05, 3.63) is 29.3 Å². The van der Waals surface area contributed by atoms with Gasteiger partial charge in [0.05, 0.1) is 18.5 Å². The molecule has 0 aliphatic rings. The summed E-state index contributed by atoms with van der Waals surface area (Å²) in [5, 5.41) is 2.73. The maximum Gasteiger partial charge on any atom is 0.232 e. The summed E-state index contributed by atoms with van der Waals surface area (Å²) in [5.41, 5.74) is 2.78. The molecule has 0 spiro atoms. The van der Waals surface area contributed by atoms with Crippen LogP contribution in [0.15, 0.2) is 18.2 Å². The summed E-state index contributed by atoms with van der Waals surface area (Å²) in [5.74, 6) is -0.0760. The first-order valence-electron chi connectivity index (χ1n) is 7.70. The van der Waals surface area contributed by atoms with Gasteiger partial charge in [-0.2, -0.15) is 0 Å². The average molecular weight is 326 g/mol. The molecule has 0 atom stereocenters. The van der Waals surface area contributed by atoms with Gasteiger partial charge in [-0.1, -0.05) is 39.0 Å². The Morgan fingerprint density at radius 3 is 2.09 bits per heavy atom. The molecular weight excluding hydrogens is 300 g/mol. The molecule has 5 nitrogen and oxygen atoms in total. The van der Waals surface area contributed by atoms with Gasteiger partial charge in [-0.25, -0.2) is 8.42 Å². The van der Waals surface area contributed by atoms with E-state index in [0.717, 1.165) is 29.7 Å². The first-order chi connectivity index (χ1) is 10.3. The second-order valence-corrected chi connectivity index (χ2v) is 7.08. The molecule has 0 aliphatic heterocycles. The zero-order valence-corrected chi connectivity index (χ0v) is 14.7. The summed E-state index contributed by atoms with van der Waals surface area (Å²) >= 11 is 0. The highest BCUT2D eigenvalue weighted by molar-refractivity contribution is 7.92. The highest BCUT2D eigenvalue weighted by Gasteiger charge is 2.22. The number of aryl methyl sites for hydroxylation is 2. The van der Waals surface area contributed by atoms with Crippen LogP contribution < -0.4 is 9.62 Å². The van der Waals surface area contributed by atoms with Crippen molar-refractivity contribution in [3.8, 4) is 0 Å². The van der Waals surface area contributed by atoms with E-state index in [1.807, 2.05) is 32.0 Å². The molecule has 1 amide bonds. The number of benzene rings is 1. The lowest BCUT2D eigenvalue weighted by molar-refractivity contribution is -0.120. The summed E-state index contributed by atoms with van der Waals surface area (Å²) in [6.45, 7) is 6.34. The highest BCUT2D eigenvalue weighted by Crippen LogP contribution is 2.28. The highest BCUT2D eigenvalue weighted by atomic mass is 32.2. The fourth-order valence-corrected chi connectivity index (χ4v) is 3.39. The Morgan fingerprint density at radius 2 is 1.68 bits per heavy atom. The summed E-state index contributed by atoms with van der Waals surface area (Å²) < 4.78 is 25.9. The van der Waals surface area contributed by atoms with Crippen molar-refractivity contribution in [2.45, 2.75) is 40.0 Å². The van der Waals surface area contributed by atoms with Crippen molar-refractivity contribution < 1.29 is 13.2 Å². The summed E-state index contributed by atoms with van der Waals surface area (Å²) in [6.07, 6.45) is 3.12. The van der Waals surface area contributed by atoms with E-state index >= 15 is 0 Å². The van der Waals surface area contributed by atoms with Crippen LogP contribution in [0.2, 0.25) is 0 Å². The Hall–Kier alpha value is -1.56. The van der Waals surface area contributed by atoms with Crippen LogP contribution in [-0.4, -0.2) is 33.7 Å². The predicted octanol–water partition coefficient (Wildman–Crippen LogP) is 2.10. The lowest BCUT2D eigenvalue weighted by Gasteiger charge is -2.27. The molecule has 22 heavy (non-hydrogen) atoms. The van der Waals surface area contributed by atoms with Crippen molar-refractivity contribution in [1.82, 2.24) is 5.32 Å². The number of rotatable bonds is 8. The number of hydrogen-bond acceptors (Lipinski definition) is 3. The molecule has 1 aromatic rings. The Bertz CT molecular complexity index is 590. The molecule has 1 N–H and O–H groups in total. The van der Waals surface area contributed by atoms with Crippen LogP contribution in [0.1, 0.15) is 38.3 Å². The Kier molecular flexibility index (Phi) is 6.87. The maximum atomic E-state index is 12.2. The van der Waals surface area contributed by atoms with Gasteiger partial charge in [0.25, 0.3) is 0 Å². The van der Waals surface area contributed by atoms with Gasteiger partial charge in [-0.15, -0.1) is 0 Å². The molecule has 6 heteroatoms. The molecule has 124 valence electrons. The zero-order chi connectivity index (χ0) is 16.8. The molecule has 1 aromatic carbocycles. The van der Waals surface area contributed by atoms with Crippen molar-refractivity contribution in [2.24, 2.45) is 0 Å². The monoisotopic (exact) mass is 326 g/mol. The number of amides is 1. The van der Waals surface area contributed by atoms with Crippen molar-refractivity contribution in [1.29, 1.82) is 0 Å². The minimum Gasteiger partial charge on any atom is -0.354 e. The van der Waals surface area contributed by atoms with Crippen molar-refractivity contribution >= 4 is 21.6 Å². The molecule has 0 radical (unpaired) electrons. The maximum absolute atomic E-state index is 12.2. The van der Waals surface area contributed by atoms with Crippen LogP contribution in [0.4, 0.5) is 5.69 Å². The number of para-hydroxylation sites is 1. The quantitative estimate of drug-likeness (QED) is 0.795. The van der Waals surface area contributed by atoms with Crippen molar-refractivity contribution in [2.75, 3.05) is 23.7 Å². The summed E-state index contributed by atoms with van der Waals surface area (Å²) in [6, 6.07) is 5.87. The van der Waals surface area contributed by atoms with E-state index in [2.05, 4.69) is 5.32 Å². The van der Waals surface area contributed by atoms with Crippen LogP contribution in [0.25, 0.3) is 0 Å². The Labute approximate surface area is 133 Å². The van der Waals surface area contributed by atoms with Crippen LogP contribution in [-0.2, 0) is 27.7 Å². The molecule has 0 aliphatic carbocycles. The van der Waals surface area contributed by atoms with E-state index in [9.17, 15) is 13.2 Å². The van der Waals surface area contributed by atoms with E-state index in [1.165, 1.54) is 10.6 Å². The number of nitrogens with one attached hydrogen (secondary N) is 1. The minimum atomic E-state index is -3.41. The normalized spacial score (nSPS) is 11.3. The first-order valence-corrected chi connectivity index (χ1v) is 9.55. The summed E-state index contributed by atoms with van der Waals surface area (Å²) in [4.78, 5) is 11.3. The molecule has 1 rings (SSSR count). The van der Waals surface area contributed by atoms with Gasteiger partial charge in [-0.05, 0) is 24.0 Å². The molecular formula is C16H26N2O3S. The van der Waals surface area contributed by atoms with E-state index < -0.39 is 10.0 Å². The van der Waals surface area contributed by atoms with Gasteiger partial charge < -0.3 is 5.32 Å². The van der Waals surface area contributed by atoms with Gasteiger partial charge >= 0.3 is 0 Å². The standard InChI is InChI=1S/C16H26N2O3S/c1-5-13-9-8-10-14(6-2)16(13)18(22(4,20)21)12-11-17-15(19)7-3/h8-10H,5-7,11-12H2,1-4H3,(H,17,19). The molecule has 0 heterocycles. The van der Waals surface area contributed by atoms with Crippen molar-refractivity contribution in [3.63, 3.8) is 0 Å². The fourth-order valence-electron chi connectivity index (χ4n) is 2.40. The second kappa shape index (κ2) is 8.17. The van der Waals surface area contributed by atoms with Crippen LogP contribution in [0, 0.1) is 0 Å². The van der Waals surface area contributed by atoms with E-state index in [4.69, 9.17) is 0 Å². The van der Waals surface area contributed by atoms with E-state index in [1.54, 1.807) is 6.92 Å². The number of anilines is 1. The first kappa shape index (κ1) is 18.5. The second-order valence-electron chi connectivity index (χ2n) is 5.17. The van der Waals surface area contributed by atoms with Gasteiger partial charge in [-0.3, -0.25) is 9.10 Å². The Morgan fingerprint density at radius 1 is 1.14 bits per heavy atom. The number of carbonyl (C=O) groups excluding carboxylic acids is 1. The number of carbonyl (C=O) groups is 1. The predicted molar refractivity (Wildman–Crippen MR) is 90.7 cm³/mol. The van der Waals surface area contributed by atoms with E-state index in [0.29, 0.717) is 13.0 Å². The molecule has 0 aromatic heterocycles. The smallest absolute Gasteiger partial charge is 0.232 e. The lowest BCUT2D eigenvalue weighted by atomic mass is 10.0. The van der Waals surface area contributed by atoms with Gasteiger partial charge in [0.2, 0.25) is 15.9 Å². The third-order valence-electron chi connectivity index (χ3n) is 3.57. The topological polar surface area (TPSA) is 66.5 Å². The molecule has 0 unspecified atom stereocenters. The third kappa shape index (κ3) is 4.73. The molecule has 0 bridgehead atoms. The molecule has 0 fully saturated rings. The molecule has 0 saturated heterocycles.